The first-order valence-corrected chi connectivity index (χ1v) is 5.79. The Kier molecular flexibility index (Phi) is 3.01. The van der Waals surface area contributed by atoms with E-state index in [1.807, 2.05) is 6.07 Å². The van der Waals surface area contributed by atoms with E-state index in [2.05, 4.69) is 37.7 Å². The topological polar surface area (TPSA) is 23.4 Å². The van der Waals surface area contributed by atoms with Crippen LogP contribution in [0.2, 0.25) is 0 Å². The van der Waals surface area contributed by atoms with Crippen molar-refractivity contribution < 1.29 is 9.47 Å². The normalized spacial score (nSPS) is 11.2. The highest BCUT2D eigenvalue weighted by atomic mass is 16.5. The number of ether oxygens (including phenoxy) is 2. The van der Waals surface area contributed by atoms with Crippen LogP contribution in [0.5, 0.6) is 11.5 Å². The molecule has 1 aromatic carbocycles. The van der Waals surface area contributed by atoms with E-state index in [9.17, 15) is 0 Å². The number of aromatic nitrogens is 1. The van der Waals surface area contributed by atoms with Gasteiger partial charge in [0, 0.05) is 24.7 Å². The van der Waals surface area contributed by atoms with Crippen LogP contribution in [-0.2, 0) is 7.05 Å². The van der Waals surface area contributed by atoms with Crippen molar-refractivity contribution >= 4 is 10.9 Å². The first kappa shape index (κ1) is 11.8. The summed E-state index contributed by atoms with van der Waals surface area (Å²) in [5.41, 5.74) is 2.51. The average Bonchev–Trinajstić information content (AvgIpc) is 2.64. The summed E-state index contributed by atoms with van der Waals surface area (Å²) >= 11 is 0. The molecule has 17 heavy (non-hydrogen) atoms. The summed E-state index contributed by atoms with van der Waals surface area (Å²) in [7, 11) is 5.39. The molecule has 0 spiro atoms. The third-order valence-electron chi connectivity index (χ3n) is 3.15. The third kappa shape index (κ3) is 1.86. The first-order valence-electron chi connectivity index (χ1n) is 5.79. The van der Waals surface area contributed by atoms with E-state index >= 15 is 0 Å². The Labute approximate surface area is 102 Å². The summed E-state index contributed by atoms with van der Waals surface area (Å²) in [4.78, 5) is 0. The number of fused-ring (bicyclic) bond motifs is 1. The van der Waals surface area contributed by atoms with Crippen molar-refractivity contribution in [3.63, 3.8) is 0 Å². The monoisotopic (exact) mass is 233 g/mol. The van der Waals surface area contributed by atoms with Crippen molar-refractivity contribution in [1.29, 1.82) is 0 Å². The second-order valence-corrected chi connectivity index (χ2v) is 4.57. The quantitative estimate of drug-likeness (QED) is 0.811. The van der Waals surface area contributed by atoms with E-state index in [1.165, 1.54) is 16.5 Å². The molecular formula is C14H19NO2. The predicted octanol–water partition coefficient (Wildman–Crippen LogP) is 3.32. The van der Waals surface area contributed by atoms with Crippen LogP contribution in [0.3, 0.4) is 0 Å². The molecule has 2 rings (SSSR count). The summed E-state index contributed by atoms with van der Waals surface area (Å²) in [6.07, 6.45) is 2.17. The summed E-state index contributed by atoms with van der Waals surface area (Å²) in [5, 5.41) is 1.24. The van der Waals surface area contributed by atoms with Gasteiger partial charge in [-0.15, -0.1) is 0 Å². The van der Waals surface area contributed by atoms with E-state index in [1.54, 1.807) is 14.2 Å². The van der Waals surface area contributed by atoms with Crippen molar-refractivity contribution in [2.75, 3.05) is 14.2 Å². The molecule has 1 heterocycles. The standard InChI is InChI=1S/C14H19NO2/c1-9(2)11-8-15(3)12-7-14(17-5)13(16-4)6-10(11)12/h6-9H,1-5H3. The van der Waals surface area contributed by atoms with Gasteiger partial charge in [0.2, 0.25) is 0 Å². The molecule has 3 heteroatoms. The van der Waals surface area contributed by atoms with Gasteiger partial charge in [0.1, 0.15) is 0 Å². The molecular weight excluding hydrogens is 214 g/mol. The van der Waals surface area contributed by atoms with E-state index in [4.69, 9.17) is 9.47 Å². The Morgan fingerprint density at radius 2 is 1.65 bits per heavy atom. The van der Waals surface area contributed by atoms with Crippen molar-refractivity contribution in [2.24, 2.45) is 7.05 Å². The minimum atomic E-state index is 0.497. The maximum atomic E-state index is 5.35. The van der Waals surface area contributed by atoms with Gasteiger partial charge in [-0.25, -0.2) is 0 Å². The van der Waals surface area contributed by atoms with Gasteiger partial charge in [0.25, 0.3) is 0 Å². The Morgan fingerprint density at radius 1 is 1.06 bits per heavy atom. The van der Waals surface area contributed by atoms with E-state index in [0.717, 1.165) is 11.5 Å². The minimum absolute atomic E-state index is 0.497. The number of hydrogen-bond acceptors (Lipinski definition) is 2. The van der Waals surface area contributed by atoms with Crippen LogP contribution >= 0.6 is 0 Å². The lowest BCUT2D eigenvalue weighted by Gasteiger charge is -2.09. The van der Waals surface area contributed by atoms with Gasteiger partial charge >= 0.3 is 0 Å². The smallest absolute Gasteiger partial charge is 0.162 e. The molecule has 0 saturated carbocycles. The number of methoxy groups -OCH3 is 2. The molecule has 0 aliphatic carbocycles. The van der Waals surface area contributed by atoms with Crippen LogP contribution in [0.25, 0.3) is 10.9 Å². The summed E-state index contributed by atoms with van der Waals surface area (Å²) < 4.78 is 12.8. The Balaban J connectivity index is 2.75. The second-order valence-electron chi connectivity index (χ2n) is 4.57. The van der Waals surface area contributed by atoms with Gasteiger partial charge in [-0.05, 0) is 17.5 Å². The third-order valence-corrected chi connectivity index (χ3v) is 3.15. The van der Waals surface area contributed by atoms with Crippen LogP contribution in [0, 0.1) is 0 Å². The molecule has 0 aliphatic heterocycles. The van der Waals surface area contributed by atoms with Gasteiger partial charge < -0.3 is 14.0 Å². The molecule has 3 nitrogen and oxygen atoms in total. The van der Waals surface area contributed by atoms with Crippen molar-refractivity contribution in [3.8, 4) is 11.5 Å². The first-order chi connectivity index (χ1) is 8.08. The van der Waals surface area contributed by atoms with Gasteiger partial charge in [-0.2, -0.15) is 0 Å². The number of nitrogens with zero attached hydrogens (tertiary/aromatic N) is 1. The van der Waals surface area contributed by atoms with Gasteiger partial charge in [0.05, 0.1) is 19.7 Å². The highest BCUT2D eigenvalue weighted by molar-refractivity contribution is 5.87. The molecule has 0 fully saturated rings. The molecule has 0 aliphatic rings. The van der Waals surface area contributed by atoms with E-state index < -0.39 is 0 Å². The van der Waals surface area contributed by atoms with Crippen LogP contribution in [0.1, 0.15) is 25.3 Å². The van der Waals surface area contributed by atoms with Crippen LogP contribution < -0.4 is 9.47 Å². The summed E-state index contributed by atoms with van der Waals surface area (Å²) in [5.74, 6) is 2.06. The Bertz CT molecular complexity index is 541. The SMILES string of the molecule is COc1cc2c(C(C)C)cn(C)c2cc1OC. The molecule has 0 amide bonds. The highest BCUT2D eigenvalue weighted by Crippen LogP contribution is 2.36. The van der Waals surface area contributed by atoms with Crippen molar-refractivity contribution in [2.45, 2.75) is 19.8 Å². The predicted molar refractivity (Wildman–Crippen MR) is 70.1 cm³/mol. The summed E-state index contributed by atoms with van der Waals surface area (Å²) in [6, 6.07) is 4.09. The van der Waals surface area contributed by atoms with E-state index in [-0.39, 0.29) is 0 Å². The van der Waals surface area contributed by atoms with E-state index in [0.29, 0.717) is 5.92 Å². The molecule has 92 valence electrons. The van der Waals surface area contributed by atoms with Gasteiger partial charge in [-0.3, -0.25) is 0 Å². The second kappa shape index (κ2) is 4.32. The van der Waals surface area contributed by atoms with Crippen LogP contribution in [0.15, 0.2) is 18.3 Å². The van der Waals surface area contributed by atoms with Gasteiger partial charge in [0.15, 0.2) is 11.5 Å². The lowest BCUT2D eigenvalue weighted by molar-refractivity contribution is 0.355. The highest BCUT2D eigenvalue weighted by Gasteiger charge is 2.14. The molecule has 2 aromatic rings. The zero-order valence-electron chi connectivity index (χ0n) is 11.1. The van der Waals surface area contributed by atoms with Crippen molar-refractivity contribution in [1.82, 2.24) is 4.57 Å². The number of rotatable bonds is 3. The molecule has 1 aromatic heterocycles. The summed E-state index contributed by atoms with van der Waals surface area (Å²) in [6.45, 7) is 4.40. The number of aryl methyl sites for hydroxylation is 1. The fourth-order valence-corrected chi connectivity index (χ4v) is 2.20. The Hall–Kier alpha value is -1.64. The maximum absolute atomic E-state index is 5.35. The molecule has 0 radical (unpaired) electrons. The average molecular weight is 233 g/mol. The number of benzene rings is 1. The number of hydrogen-bond donors (Lipinski definition) is 0. The Morgan fingerprint density at radius 3 is 2.18 bits per heavy atom. The molecule has 0 unspecified atom stereocenters. The maximum Gasteiger partial charge on any atom is 0.162 e. The molecule has 0 atom stereocenters. The molecule has 0 bridgehead atoms. The molecule has 0 N–H and O–H groups in total. The largest absolute Gasteiger partial charge is 0.493 e. The van der Waals surface area contributed by atoms with Gasteiger partial charge in [-0.1, -0.05) is 13.8 Å². The fraction of sp³-hybridized carbons (Fsp3) is 0.429. The van der Waals surface area contributed by atoms with Crippen molar-refractivity contribution in [3.05, 3.63) is 23.9 Å². The van der Waals surface area contributed by atoms with Crippen LogP contribution in [0.4, 0.5) is 0 Å². The zero-order valence-corrected chi connectivity index (χ0v) is 11.1. The zero-order chi connectivity index (χ0) is 12.6. The van der Waals surface area contributed by atoms with Crippen LogP contribution in [-0.4, -0.2) is 18.8 Å². The lowest BCUT2D eigenvalue weighted by Crippen LogP contribution is -1.92. The molecule has 0 saturated heterocycles. The fourth-order valence-electron chi connectivity index (χ4n) is 2.20. The minimum Gasteiger partial charge on any atom is -0.493 e. The lowest BCUT2D eigenvalue weighted by atomic mass is 10.0.